The summed E-state index contributed by atoms with van der Waals surface area (Å²) >= 11 is 1.56. The molecule has 0 saturated heterocycles. The largest absolute Gasteiger partial charge is 0.330 e. The number of rotatable bonds is 8. The molecule has 0 N–H and O–H groups in total. The van der Waals surface area contributed by atoms with Crippen molar-refractivity contribution in [3.05, 3.63) is 64.9 Å². The van der Waals surface area contributed by atoms with Gasteiger partial charge in [-0.25, -0.2) is 8.42 Å². The summed E-state index contributed by atoms with van der Waals surface area (Å²) in [6, 6.07) is 9.79. The third-order valence-electron chi connectivity index (χ3n) is 3.54. The molecule has 6 nitrogen and oxygen atoms in total. The Morgan fingerprint density at radius 2 is 2.08 bits per heavy atom. The molecule has 8 heteroatoms. The summed E-state index contributed by atoms with van der Waals surface area (Å²) in [6.45, 7) is 4.50. The van der Waals surface area contributed by atoms with Gasteiger partial charge in [-0.1, -0.05) is 22.7 Å². The summed E-state index contributed by atoms with van der Waals surface area (Å²) in [5.74, 6) is -0.259. The van der Waals surface area contributed by atoms with Crippen molar-refractivity contribution >= 4 is 27.3 Å². The second-order valence-corrected chi connectivity index (χ2v) is 8.15. The Bertz CT molecular complexity index is 832. The van der Waals surface area contributed by atoms with Gasteiger partial charge in [-0.15, -0.1) is 17.9 Å². The SMILES string of the molecule is C=CCN(Cc1cccs1)C(=O)c1cccc(S(=O)(=O)N(C)OC)c1. The van der Waals surface area contributed by atoms with Crippen molar-refractivity contribution in [2.75, 3.05) is 20.7 Å². The quantitative estimate of drug-likeness (QED) is 0.522. The highest BCUT2D eigenvalue weighted by Gasteiger charge is 2.23. The zero-order valence-corrected chi connectivity index (χ0v) is 15.7. The Balaban J connectivity index is 2.31. The van der Waals surface area contributed by atoms with Gasteiger partial charge >= 0.3 is 0 Å². The Labute approximate surface area is 152 Å². The predicted octanol–water partition coefficient (Wildman–Crippen LogP) is 2.76. The van der Waals surface area contributed by atoms with Crippen molar-refractivity contribution in [3.8, 4) is 0 Å². The van der Waals surface area contributed by atoms with Crippen LogP contribution in [-0.2, 0) is 21.4 Å². The first-order valence-electron chi connectivity index (χ1n) is 7.45. The second kappa shape index (κ2) is 8.39. The van der Waals surface area contributed by atoms with Crippen molar-refractivity contribution in [3.63, 3.8) is 0 Å². The molecule has 1 aromatic carbocycles. The van der Waals surface area contributed by atoms with Crippen LogP contribution in [0.1, 0.15) is 15.2 Å². The standard InChI is InChI=1S/C17H20N2O4S2/c1-4-10-19(13-15-8-6-11-24-15)17(20)14-7-5-9-16(12-14)25(21,22)18(2)23-3/h4-9,11-12H,1,10,13H2,2-3H3. The highest BCUT2D eigenvalue weighted by Crippen LogP contribution is 2.19. The van der Waals surface area contributed by atoms with Gasteiger partial charge in [0, 0.05) is 24.0 Å². The molecular weight excluding hydrogens is 360 g/mol. The number of benzene rings is 1. The smallest absolute Gasteiger partial charge is 0.264 e. The van der Waals surface area contributed by atoms with E-state index < -0.39 is 10.0 Å². The van der Waals surface area contributed by atoms with E-state index in [-0.39, 0.29) is 10.8 Å². The van der Waals surface area contributed by atoms with Gasteiger partial charge in [0.25, 0.3) is 15.9 Å². The molecule has 0 radical (unpaired) electrons. The number of hydrogen-bond donors (Lipinski definition) is 0. The van der Waals surface area contributed by atoms with E-state index in [9.17, 15) is 13.2 Å². The molecule has 0 aliphatic carbocycles. The zero-order valence-electron chi connectivity index (χ0n) is 14.1. The summed E-state index contributed by atoms with van der Waals surface area (Å²) in [5, 5.41) is 1.94. The fourth-order valence-corrected chi connectivity index (χ4v) is 3.92. The average molecular weight is 380 g/mol. The minimum atomic E-state index is -3.81. The lowest BCUT2D eigenvalue weighted by atomic mass is 10.2. The minimum absolute atomic E-state index is 0.00243. The lowest BCUT2D eigenvalue weighted by Crippen LogP contribution is -2.31. The van der Waals surface area contributed by atoms with Gasteiger partial charge in [-0.2, -0.15) is 0 Å². The molecule has 1 amide bonds. The van der Waals surface area contributed by atoms with Crippen molar-refractivity contribution < 1.29 is 18.0 Å². The molecule has 0 aliphatic rings. The first kappa shape index (κ1) is 19.3. The molecule has 0 bridgehead atoms. The maximum atomic E-state index is 12.8. The monoisotopic (exact) mass is 380 g/mol. The van der Waals surface area contributed by atoms with Crippen LogP contribution in [0.2, 0.25) is 0 Å². The van der Waals surface area contributed by atoms with E-state index in [1.165, 1.54) is 26.3 Å². The first-order valence-corrected chi connectivity index (χ1v) is 9.77. The maximum absolute atomic E-state index is 12.8. The third-order valence-corrected chi connectivity index (χ3v) is 6.07. The number of hydrogen-bond acceptors (Lipinski definition) is 5. The number of sulfonamides is 1. The minimum Gasteiger partial charge on any atom is -0.330 e. The predicted molar refractivity (Wildman–Crippen MR) is 97.7 cm³/mol. The van der Waals surface area contributed by atoms with E-state index in [0.29, 0.717) is 18.7 Å². The summed E-state index contributed by atoms with van der Waals surface area (Å²) in [6.07, 6.45) is 1.64. The van der Waals surface area contributed by atoms with Gasteiger partial charge in [0.1, 0.15) is 0 Å². The van der Waals surface area contributed by atoms with Crippen LogP contribution in [0, 0.1) is 0 Å². The van der Waals surface area contributed by atoms with Gasteiger partial charge in [-0.3, -0.25) is 9.63 Å². The summed E-state index contributed by atoms with van der Waals surface area (Å²) < 4.78 is 25.5. The van der Waals surface area contributed by atoms with Crippen LogP contribution >= 0.6 is 11.3 Å². The van der Waals surface area contributed by atoms with E-state index in [1.54, 1.807) is 34.4 Å². The molecule has 2 aromatic rings. The number of thiophene rings is 1. The van der Waals surface area contributed by atoms with Crippen molar-refractivity contribution in [1.82, 2.24) is 9.37 Å². The van der Waals surface area contributed by atoms with Gasteiger partial charge in [-0.05, 0) is 29.6 Å². The first-order chi connectivity index (χ1) is 11.9. The van der Waals surface area contributed by atoms with E-state index >= 15 is 0 Å². The number of carbonyl (C=O) groups is 1. The normalized spacial score (nSPS) is 11.5. The van der Waals surface area contributed by atoms with E-state index in [1.807, 2.05) is 17.5 Å². The van der Waals surface area contributed by atoms with Crippen molar-refractivity contribution in [1.29, 1.82) is 0 Å². The van der Waals surface area contributed by atoms with Crippen molar-refractivity contribution in [2.24, 2.45) is 0 Å². The zero-order chi connectivity index (χ0) is 18.4. The summed E-state index contributed by atoms with van der Waals surface area (Å²) in [5.41, 5.74) is 0.295. The van der Waals surface area contributed by atoms with Crippen LogP contribution in [0.15, 0.2) is 59.3 Å². The molecule has 0 atom stereocenters. The van der Waals surface area contributed by atoms with Crippen molar-refractivity contribution in [2.45, 2.75) is 11.4 Å². The number of nitrogens with zero attached hydrogens (tertiary/aromatic N) is 2. The Morgan fingerprint density at radius 3 is 2.68 bits per heavy atom. The van der Waals surface area contributed by atoms with Crippen LogP contribution in [0.4, 0.5) is 0 Å². The number of carbonyl (C=O) groups excluding carboxylic acids is 1. The average Bonchev–Trinajstić information content (AvgIpc) is 3.13. The molecule has 0 aliphatic heterocycles. The molecule has 0 spiro atoms. The molecule has 1 heterocycles. The molecular formula is C17H20N2O4S2. The lowest BCUT2D eigenvalue weighted by Gasteiger charge is -2.21. The Morgan fingerprint density at radius 1 is 1.32 bits per heavy atom. The van der Waals surface area contributed by atoms with Crippen LogP contribution in [0.3, 0.4) is 0 Å². The summed E-state index contributed by atoms with van der Waals surface area (Å²) in [4.78, 5) is 20.2. The van der Waals surface area contributed by atoms with Crippen LogP contribution in [0.25, 0.3) is 0 Å². The Kier molecular flexibility index (Phi) is 6.49. The van der Waals surface area contributed by atoms with Gasteiger partial charge in [0.15, 0.2) is 0 Å². The Hall–Kier alpha value is -2.00. The number of amides is 1. The molecule has 1 aromatic heterocycles. The molecule has 0 unspecified atom stereocenters. The topological polar surface area (TPSA) is 66.9 Å². The van der Waals surface area contributed by atoms with E-state index in [2.05, 4.69) is 6.58 Å². The van der Waals surface area contributed by atoms with Gasteiger partial charge in [0.05, 0.1) is 18.6 Å². The van der Waals surface area contributed by atoms with Crippen LogP contribution in [0.5, 0.6) is 0 Å². The molecule has 0 saturated carbocycles. The fraction of sp³-hybridized carbons (Fsp3) is 0.235. The molecule has 134 valence electrons. The van der Waals surface area contributed by atoms with Crippen LogP contribution < -0.4 is 0 Å². The fourth-order valence-electron chi connectivity index (χ4n) is 2.18. The maximum Gasteiger partial charge on any atom is 0.264 e. The lowest BCUT2D eigenvalue weighted by molar-refractivity contribution is -0.0258. The molecule has 25 heavy (non-hydrogen) atoms. The third kappa shape index (κ3) is 4.55. The van der Waals surface area contributed by atoms with Crippen LogP contribution in [-0.4, -0.2) is 44.4 Å². The molecule has 0 fully saturated rings. The van der Waals surface area contributed by atoms with E-state index in [0.717, 1.165) is 9.35 Å². The summed E-state index contributed by atoms with van der Waals surface area (Å²) in [7, 11) is -1.25. The molecule has 2 rings (SSSR count). The van der Waals surface area contributed by atoms with Gasteiger partial charge in [0.2, 0.25) is 0 Å². The second-order valence-electron chi connectivity index (χ2n) is 5.18. The van der Waals surface area contributed by atoms with E-state index in [4.69, 9.17) is 4.84 Å². The van der Waals surface area contributed by atoms with Gasteiger partial charge < -0.3 is 4.90 Å². The number of hydroxylamine groups is 1. The highest BCUT2D eigenvalue weighted by atomic mass is 32.2. The highest BCUT2D eigenvalue weighted by molar-refractivity contribution is 7.89.